The molecule has 0 spiro atoms. The number of nitrogens with two attached hydrogens (primary N) is 2. The predicted octanol–water partition coefficient (Wildman–Crippen LogP) is 2.94. The molecule has 2 heterocycles. The van der Waals surface area contributed by atoms with E-state index in [2.05, 4.69) is 40.1 Å². The topological polar surface area (TPSA) is 294 Å². The van der Waals surface area contributed by atoms with Crippen molar-refractivity contribution in [2.75, 3.05) is 19.7 Å². The van der Waals surface area contributed by atoms with Crippen LogP contribution in [0.5, 0.6) is 0 Å². The number of fused-ring (bicyclic) bond motifs is 8. The van der Waals surface area contributed by atoms with Crippen molar-refractivity contribution in [3.8, 4) is 11.8 Å². The Bertz CT molecular complexity index is 2440. The maximum Gasteiger partial charge on any atom is 0.313 e. The number of aromatic amines is 1. The fourth-order valence-corrected chi connectivity index (χ4v) is 18.1. The predicted molar refractivity (Wildman–Crippen MR) is 265 cm³/mol. The number of carbonyl (C=O) groups is 3. The molecule has 0 aromatic carbocycles. The highest BCUT2D eigenvalue weighted by molar-refractivity contribution is 6.00. The van der Waals surface area contributed by atoms with Crippen LogP contribution in [-0.2, 0) is 19.1 Å². The van der Waals surface area contributed by atoms with Gasteiger partial charge < -0.3 is 62.3 Å². The Morgan fingerprint density at radius 3 is 2.49 bits per heavy atom. The zero-order chi connectivity index (χ0) is 51.4. The molecule has 72 heavy (non-hydrogen) atoms. The van der Waals surface area contributed by atoms with Crippen molar-refractivity contribution < 1.29 is 54.9 Å². The van der Waals surface area contributed by atoms with Crippen molar-refractivity contribution >= 4 is 23.5 Å². The van der Waals surface area contributed by atoms with E-state index in [0.717, 1.165) is 37.7 Å². The Balaban J connectivity index is 1.17. The zero-order valence-corrected chi connectivity index (χ0v) is 42.4. The minimum atomic E-state index is -2.01. The number of aromatic nitrogens is 1. The zero-order valence-electron chi connectivity index (χ0n) is 42.4. The van der Waals surface area contributed by atoms with E-state index in [1.807, 2.05) is 19.2 Å². The molecule has 0 amide bonds. The highest BCUT2D eigenvalue weighted by atomic mass is 16.5. The van der Waals surface area contributed by atoms with Gasteiger partial charge in [0, 0.05) is 60.4 Å². The Morgan fingerprint density at radius 2 is 1.78 bits per heavy atom. The quantitative estimate of drug-likeness (QED) is 0.0424. The van der Waals surface area contributed by atoms with E-state index in [0.29, 0.717) is 17.9 Å². The van der Waals surface area contributed by atoms with E-state index in [9.17, 15) is 45.3 Å². The average Bonchev–Trinajstić information content (AvgIpc) is 4.04. The van der Waals surface area contributed by atoms with Crippen LogP contribution in [-0.4, -0.2) is 120 Å². The standard InChI is InChI=1S/C56H79N5O11/c1-27-8-9-29-19-30-10-11-34-33(37-26-72-51(69)44(37)32-13-16-59-25-32)7-5-6-31-22-56(71)46-38(53(3)23-41(64)40(63)21-39(53)48(66)47(46)61-24-28(2)62)12-14-55(56,15-17-60-52(57)58)49(31)54(4,70)42(65)20-36(50(67)68)43(30)45(34)35(29)18-27/h13,16,19,25,27,30-31,33-45,49-50,59,61,63-65,67-68,70-71H,6,8-12,14-15,17-18,20-24,26H2,1-4H3,(H4,57,58,60)/t27-,30+,31-,33-,34+,35+,36+,37-,38-,39-,40+,41-,42+,43-,44-,45-,49+,53+,54-,55-,56+/m0/s1. The van der Waals surface area contributed by atoms with E-state index in [1.165, 1.54) is 12.5 Å². The summed E-state index contributed by atoms with van der Waals surface area (Å²) in [6.45, 7) is 7.20. The lowest BCUT2D eigenvalue weighted by atomic mass is 9.44. The number of hydrogen-bond donors (Lipinski definition) is 11. The summed E-state index contributed by atoms with van der Waals surface area (Å²) in [6.07, 6.45) is 5.74. The number of nitrogens with one attached hydrogen (secondary N) is 2. The largest absolute Gasteiger partial charge is 0.465 e. The molecule has 8 aliphatic carbocycles. The minimum absolute atomic E-state index is 0.00350. The molecule has 1 aliphatic heterocycles. The van der Waals surface area contributed by atoms with Crippen molar-refractivity contribution in [3.05, 3.63) is 46.9 Å². The summed E-state index contributed by atoms with van der Waals surface area (Å²) in [4.78, 5) is 49.3. The number of carbonyl (C=O) groups excluding carboxylic acids is 3. The smallest absolute Gasteiger partial charge is 0.313 e. The first-order valence-electron chi connectivity index (χ1n) is 27.0. The SMILES string of the molecule is CC(=O)CNC1=C2[C@H](CC[C@]3(CCN=C(N)N)[C@@H]4[C@@H](CC#C[C@H]([C@@H]5COC(=O)[C@H]5c5cc[nH]c5)[C@H]5CC[C@@H]6C=C7CC[C@H](C)C[C@H]7[C@H]5[C@@H]6[C@H](C(O)O)C[C@@H](O)[C@]4(C)O)C[C@@]23O)[C@@]2(C)C[C@H](O)[C@H](O)C[C@H]2C1=O. The molecule has 13 N–H and O–H groups in total. The molecule has 1 saturated heterocycles. The molecule has 4 bridgehead atoms. The van der Waals surface area contributed by atoms with Crippen LogP contribution in [0, 0.1) is 99.6 Å². The number of H-pyrrole nitrogens is 1. The maximum atomic E-state index is 15.1. The normalized spacial score (nSPS) is 46.6. The van der Waals surface area contributed by atoms with Gasteiger partial charge in [0.1, 0.15) is 5.78 Å². The van der Waals surface area contributed by atoms with Crippen LogP contribution in [0.15, 0.2) is 46.4 Å². The second-order valence-corrected chi connectivity index (χ2v) is 24.8. The van der Waals surface area contributed by atoms with Crippen LogP contribution in [0.2, 0.25) is 0 Å². The van der Waals surface area contributed by atoms with Crippen molar-refractivity contribution in [3.63, 3.8) is 0 Å². The summed E-state index contributed by atoms with van der Waals surface area (Å²) >= 11 is 0. The van der Waals surface area contributed by atoms with Crippen LogP contribution in [0.4, 0.5) is 0 Å². The van der Waals surface area contributed by atoms with Crippen molar-refractivity contribution in [1.29, 1.82) is 0 Å². The molecule has 10 rings (SSSR count). The molecule has 0 unspecified atom stereocenters. The number of aliphatic hydroxyl groups excluding tert-OH is 4. The molecule has 16 nitrogen and oxygen atoms in total. The van der Waals surface area contributed by atoms with Gasteiger partial charge in [-0.05, 0) is 161 Å². The van der Waals surface area contributed by atoms with Crippen molar-refractivity contribution in [2.24, 2.45) is 104 Å². The number of ketones is 2. The van der Waals surface area contributed by atoms with Gasteiger partial charge in [-0.3, -0.25) is 19.4 Å². The number of Topliss-reactive ketones (excluding diaryl/α,β-unsaturated/α-hetero) is 2. The van der Waals surface area contributed by atoms with Gasteiger partial charge in [0.05, 0.1) is 54.3 Å². The molecule has 6 fully saturated rings. The van der Waals surface area contributed by atoms with Crippen LogP contribution < -0.4 is 16.8 Å². The number of aliphatic imine (C=N–C) groups is 1. The van der Waals surface area contributed by atoms with E-state index >= 15 is 4.79 Å². The Kier molecular flexibility index (Phi) is 13.5. The van der Waals surface area contributed by atoms with Crippen LogP contribution in [0.25, 0.3) is 0 Å². The van der Waals surface area contributed by atoms with Crippen molar-refractivity contribution in [1.82, 2.24) is 10.3 Å². The highest BCUT2D eigenvalue weighted by Gasteiger charge is 2.74. The minimum Gasteiger partial charge on any atom is -0.465 e. The molecule has 5 saturated carbocycles. The molecule has 16 heteroatoms. The number of guanidine groups is 1. The van der Waals surface area contributed by atoms with Crippen molar-refractivity contribution in [2.45, 2.75) is 153 Å². The van der Waals surface area contributed by atoms with Gasteiger partial charge in [0.15, 0.2) is 18.0 Å². The first-order chi connectivity index (χ1) is 34.1. The average molecular weight is 998 g/mol. The van der Waals surface area contributed by atoms with Gasteiger partial charge in [-0.1, -0.05) is 31.4 Å². The number of nitrogens with zero attached hydrogens (tertiary/aromatic N) is 1. The van der Waals surface area contributed by atoms with E-state index < -0.39 is 82.1 Å². The first-order valence-corrected chi connectivity index (χ1v) is 27.0. The molecule has 1 aromatic heterocycles. The van der Waals surface area contributed by atoms with Gasteiger partial charge in [0.2, 0.25) is 0 Å². The third kappa shape index (κ3) is 8.12. The summed E-state index contributed by atoms with van der Waals surface area (Å²) in [5, 5.41) is 89.8. The van der Waals surface area contributed by atoms with Crippen LogP contribution in [0.1, 0.15) is 123 Å². The Labute approximate surface area is 422 Å². The van der Waals surface area contributed by atoms with Crippen LogP contribution >= 0.6 is 0 Å². The number of cyclic esters (lactones) is 1. The van der Waals surface area contributed by atoms with E-state index in [4.69, 9.17) is 16.2 Å². The second kappa shape index (κ2) is 18.9. The van der Waals surface area contributed by atoms with Crippen LogP contribution in [0.3, 0.4) is 0 Å². The van der Waals surface area contributed by atoms with Gasteiger partial charge in [-0.15, -0.1) is 5.92 Å². The molecule has 21 atom stereocenters. The Morgan fingerprint density at radius 1 is 1.00 bits per heavy atom. The monoisotopic (exact) mass is 998 g/mol. The molecule has 9 aliphatic rings. The third-order valence-electron chi connectivity index (χ3n) is 21.0. The molecule has 394 valence electrons. The molecular weight excluding hydrogens is 919 g/mol. The number of esters is 1. The maximum absolute atomic E-state index is 15.1. The fourth-order valence-electron chi connectivity index (χ4n) is 18.1. The number of hydrogen-bond acceptors (Lipinski definition) is 13. The summed E-state index contributed by atoms with van der Waals surface area (Å²) < 4.78 is 5.96. The van der Waals surface area contributed by atoms with Gasteiger partial charge >= 0.3 is 5.97 Å². The molecule has 1 aromatic rings. The number of ether oxygens (including phenoxy) is 1. The summed E-state index contributed by atoms with van der Waals surface area (Å²) in [5.41, 5.74) is 8.48. The third-order valence-corrected chi connectivity index (χ3v) is 21.0. The lowest BCUT2D eigenvalue weighted by Gasteiger charge is -2.62. The fraction of sp³-hybridized carbons (Fsp3) is 0.750. The lowest BCUT2D eigenvalue weighted by Crippen LogP contribution is -2.65. The second-order valence-electron chi connectivity index (χ2n) is 24.8. The Hall–Kier alpha value is -4.08. The highest BCUT2D eigenvalue weighted by Crippen LogP contribution is 2.73. The molecular formula is C56H79N5O11. The number of allylic oxidation sites excluding steroid dienone is 3. The summed E-state index contributed by atoms with van der Waals surface area (Å²) in [7, 11) is 0. The van der Waals surface area contributed by atoms with Gasteiger partial charge in [0.25, 0.3) is 0 Å². The van der Waals surface area contributed by atoms with E-state index in [-0.39, 0.29) is 135 Å². The summed E-state index contributed by atoms with van der Waals surface area (Å²) in [5.74, 6) is 1.45. The van der Waals surface area contributed by atoms with Gasteiger partial charge in [-0.25, -0.2) is 0 Å². The molecule has 0 radical (unpaired) electrons. The number of rotatable bonds is 9. The first kappa shape index (κ1) is 51.4. The number of aliphatic hydroxyl groups is 7. The van der Waals surface area contributed by atoms with Gasteiger partial charge in [-0.2, -0.15) is 0 Å². The summed E-state index contributed by atoms with van der Waals surface area (Å²) in [6, 6.07) is 1.91. The van der Waals surface area contributed by atoms with E-state index in [1.54, 1.807) is 13.1 Å². The lowest BCUT2D eigenvalue weighted by molar-refractivity contribution is -0.200.